The summed E-state index contributed by atoms with van der Waals surface area (Å²) in [5, 5.41) is 12.4. The largest absolute Gasteiger partial charge is 0.378 e. The lowest BCUT2D eigenvalue weighted by Crippen LogP contribution is -2.43. The maximum Gasteiger partial charge on any atom is 0.227 e. The number of anilines is 1. The average molecular weight is 322 g/mol. The number of halogens is 2. The first-order chi connectivity index (χ1) is 11.1. The topological polar surface area (TPSA) is 79.0 Å². The third kappa shape index (κ3) is 4.11. The fraction of sp³-hybridized carbons (Fsp3) is 0.333. The zero-order valence-electron chi connectivity index (χ0n) is 12.2. The van der Waals surface area contributed by atoms with Crippen LogP contribution in [-0.2, 0) is 9.53 Å². The van der Waals surface area contributed by atoms with Gasteiger partial charge in [-0.1, -0.05) is 0 Å². The van der Waals surface area contributed by atoms with Crippen molar-refractivity contribution in [3.05, 3.63) is 35.9 Å². The average Bonchev–Trinajstić information content (AvgIpc) is 2.95. The molecule has 0 saturated carbocycles. The predicted octanol–water partition coefficient (Wildman–Crippen LogP) is 1.67. The molecule has 8 heteroatoms. The molecule has 1 aliphatic heterocycles. The molecule has 3 rings (SSSR count). The monoisotopic (exact) mass is 322 g/mol. The Morgan fingerprint density at radius 2 is 2.09 bits per heavy atom. The van der Waals surface area contributed by atoms with E-state index in [1.165, 1.54) is 18.2 Å². The molecule has 0 radical (unpaired) electrons. The van der Waals surface area contributed by atoms with Crippen molar-refractivity contribution in [2.24, 2.45) is 0 Å². The Balaban J connectivity index is 1.63. The number of hydrogen-bond acceptors (Lipinski definition) is 4. The van der Waals surface area contributed by atoms with Crippen molar-refractivity contribution >= 4 is 11.7 Å². The van der Waals surface area contributed by atoms with Crippen LogP contribution in [0.1, 0.15) is 6.42 Å². The first kappa shape index (κ1) is 15.6. The summed E-state index contributed by atoms with van der Waals surface area (Å²) in [6.07, 6.45) is 0.261. The second kappa shape index (κ2) is 6.84. The van der Waals surface area contributed by atoms with Gasteiger partial charge in [-0.25, -0.2) is 8.78 Å². The number of H-pyrrole nitrogens is 1. The lowest BCUT2D eigenvalue weighted by molar-refractivity contribution is -0.117. The van der Waals surface area contributed by atoms with Crippen LogP contribution in [0.4, 0.5) is 14.6 Å². The molecule has 1 saturated heterocycles. The maximum atomic E-state index is 13.2. The minimum atomic E-state index is -0.677. The molecule has 23 heavy (non-hydrogen) atoms. The zero-order chi connectivity index (χ0) is 16.2. The van der Waals surface area contributed by atoms with Crippen LogP contribution < -0.4 is 10.6 Å². The maximum absolute atomic E-state index is 13.2. The number of nitrogens with one attached hydrogen (secondary N) is 3. The van der Waals surface area contributed by atoms with E-state index in [1.54, 1.807) is 0 Å². The molecule has 1 aliphatic rings. The zero-order valence-corrected chi connectivity index (χ0v) is 12.2. The Hall–Kier alpha value is -2.32. The molecule has 0 spiro atoms. The van der Waals surface area contributed by atoms with E-state index in [2.05, 4.69) is 20.8 Å². The van der Waals surface area contributed by atoms with Crippen molar-refractivity contribution in [1.82, 2.24) is 15.5 Å². The normalized spacial score (nSPS) is 17.9. The predicted molar refractivity (Wildman–Crippen MR) is 79.8 cm³/mol. The number of benzene rings is 1. The van der Waals surface area contributed by atoms with Gasteiger partial charge >= 0.3 is 0 Å². The van der Waals surface area contributed by atoms with Gasteiger partial charge in [0, 0.05) is 36.7 Å². The molecule has 122 valence electrons. The third-order valence-corrected chi connectivity index (χ3v) is 3.45. The summed E-state index contributed by atoms with van der Waals surface area (Å²) in [7, 11) is 0. The van der Waals surface area contributed by atoms with Crippen molar-refractivity contribution in [2.75, 3.05) is 25.1 Å². The van der Waals surface area contributed by atoms with E-state index in [-0.39, 0.29) is 18.4 Å². The molecule has 1 aromatic carbocycles. The second-order valence-corrected chi connectivity index (χ2v) is 5.30. The van der Waals surface area contributed by atoms with E-state index in [0.29, 0.717) is 30.3 Å². The minimum absolute atomic E-state index is 0.0283. The highest BCUT2D eigenvalue weighted by atomic mass is 19.1. The number of carbonyl (C=O) groups excluding carboxylic acids is 1. The van der Waals surface area contributed by atoms with Crippen molar-refractivity contribution in [3.63, 3.8) is 0 Å². The molecule has 1 amide bonds. The van der Waals surface area contributed by atoms with Gasteiger partial charge < -0.3 is 15.4 Å². The quantitative estimate of drug-likeness (QED) is 0.800. The van der Waals surface area contributed by atoms with Crippen LogP contribution in [0.2, 0.25) is 0 Å². The van der Waals surface area contributed by atoms with E-state index in [4.69, 9.17) is 4.74 Å². The van der Waals surface area contributed by atoms with Gasteiger partial charge in [0.2, 0.25) is 5.91 Å². The van der Waals surface area contributed by atoms with E-state index in [9.17, 15) is 13.6 Å². The second-order valence-electron chi connectivity index (χ2n) is 5.30. The summed E-state index contributed by atoms with van der Waals surface area (Å²) in [5.74, 6) is -1.27. The Bertz CT molecular complexity index is 678. The van der Waals surface area contributed by atoms with Crippen LogP contribution in [0.5, 0.6) is 0 Å². The summed E-state index contributed by atoms with van der Waals surface area (Å²) in [4.78, 5) is 12.0. The smallest absolute Gasteiger partial charge is 0.227 e. The van der Waals surface area contributed by atoms with Gasteiger partial charge in [0.25, 0.3) is 0 Å². The van der Waals surface area contributed by atoms with E-state index in [0.717, 1.165) is 12.6 Å². The molecule has 0 aliphatic carbocycles. The summed E-state index contributed by atoms with van der Waals surface area (Å²) >= 11 is 0. The molecular formula is C15H16F2N4O2. The van der Waals surface area contributed by atoms with Crippen LogP contribution in [0.25, 0.3) is 11.3 Å². The van der Waals surface area contributed by atoms with E-state index < -0.39 is 11.6 Å². The highest BCUT2D eigenvalue weighted by Gasteiger charge is 2.17. The molecule has 2 aromatic rings. The number of morpholine rings is 1. The Labute approximate surface area is 131 Å². The van der Waals surface area contributed by atoms with Crippen molar-refractivity contribution < 1.29 is 18.3 Å². The molecule has 2 heterocycles. The number of amides is 1. The van der Waals surface area contributed by atoms with Crippen LogP contribution in [0, 0.1) is 11.6 Å². The fourth-order valence-electron chi connectivity index (χ4n) is 2.41. The van der Waals surface area contributed by atoms with Gasteiger partial charge in [-0.3, -0.25) is 9.89 Å². The summed E-state index contributed by atoms with van der Waals surface area (Å²) in [6.45, 7) is 1.85. The molecule has 1 fully saturated rings. The lowest BCUT2D eigenvalue weighted by atomic mass is 10.1. The standard InChI is InChI=1S/C15H16F2N4O2/c16-10-3-9(4-11(17)5-10)13-7-14(21-20-13)19-15(22)6-12-8-23-2-1-18-12/h3-5,7,12,18H,1-2,6,8H2,(H2,19,20,21,22). The molecule has 1 aromatic heterocycles. The summed E-state index contributed by atoms with van der Waals surface area (Å²) in [6, 6.07) is 4.66. The highest BCUT2D eigenvalue weighted by Crippen LogP contribution is 2.22. The highest BCUT2D eigenvalue weighted by molar-refractivity contribution is 5.90. The number of hydrogen-bond donors (Lipinski definition) is 3. The van der Waals surface area contributed by atoms with Crippen LogP contribution in [0.3, 0.4) is 0 Å². The SMILES string of the molecule is O=C(CC1COCCN1)Nc1cc(-c2cc(F)cc(F)c2)[nH]n1. The van der Waals surface area contributed by atoms with E-state index in [1.807, 2.05) is 0 Å². The minimum Gasteiger partial charge on any atom is -0.378 e. The molecule has 6 nitrogen and oxygen atoms in total. The Morgan fingerprint density at radius 1 is 1.30 bits per heavy atom. The Kier molecular flexibility index (Phi) is 4.63. The number of aromatic amines is 1. The van der Waals surface area contributed by atoms with Crippen LogP contribution >= 0.6 is 0 Å². The first-order valence-corrected chi connectivity index (χ1v) is 7.23. The van der Waals surface area contributed by atoms with E-state index >= 15 is 0 Å². The van der Waals surface area contributed by atoms with Gasteiger partial charge in [0.05, 0.1) is 18.9 Å². The van der Waals surface area contributed by atoms with Crippen molar-refractivity contribution in [3.8, 4) is 11.3 Å². The van der Waals surface area contributed by atoms with Gasteiger partial charge in [-0.05, 0) is 12.1 Å². The van der Waals surface area contributed by atoms with Crippen molar-refractivity contribution in [1.29, 1.82) is 0 Å². The molecule has 3 N–H and O–H groups in total. The number of nitrogens with zero attached hydrogens (tertiary/aromatic N) is 1. The van der Waals surface area contributed by atoms with Gasteiger partial charge in [0.1, 0.15) is 11.6 Å². The van der Waals surface area contributed by atoms with Gasteiger partial charge in [0.15, 0.2) is 5.82 Å². The molecule has 1 atom stereocenters. The number of carbonyl (C=O) groups is 1. The fourth-order valence-corrected chi connectivity index (χ4v) is 2.41. The number of aromatic nitrogens is 2. The van der Waals surface area contributed by atoms with Gasteiger partial charge in [-0.2, -0.15) is 5.10 Å². The Morgan fingerprint density at radius 3 is 2.78 bits per heavy atom. The molecule has 1 unspecified atom stereocenters. The number of rotatable bonds is 4. The van der Waals surface area contributed by atoms with Crippen LogP contribution in [0.15, 0.2) is 24.3 Å². The summed E-state index contributed by atoms with van der Waals surface area (Å²) < 4.78 is 31.7. The van der Waals surface area contributed by atoms with Gasteiger partial charge in [-0.15, -0.1) is 0 Å². The first-order valence-electron chi connectivity index (χ1n) is 7.23. The molecular weight excluding hydrogens is 306 g/mol. The lowest BCUT2D eigenvalue weighted by Gasteiger charge is -2.22. The van der Waals surface area contributed by atoms with Crippen LogP contribution in [-0.4, -0.2) is 41.9 Å². The summed E-state index contributed by atoms with van der Waals surface area (Å²) in [5.41, 5.74) is 0.732. The third-order valence-electron chi connectivity index (χ3n) is 3.45. The number of ether oxygens (including phenoxy) is 1. The van der Waals surface area contributed by atoms with Crippen molar-refractivity contribution in [2.45, 2.75) is 12.5 Å². The molecule has 0 bridgehead atoms.